The van der Waals surface area contributed by atoms with E-state index in [4.69, 9.17) is 5.73 Å². The van der Waals surface area contributed by atoms with Gasteiger partial charge in [0.15, 0.2) is 5.82 Å². The molecule has 0 aliphatic carbocycles. The van der Waals surface area contributed by atoms with Crippen LogP contribution in [0.25, 0.3) is 11.4 Å². The molecule has 4 heteroatoms. The molecule has 1 atom stereocenters. The van der Waals surface area contributed by atoms with Crippen molar-refractivity contribution in [3.8, 4) is 17.1 Å². The lowest BCUT2D eigenvalue weighted by molar-refractivity contribution is 0.475. The number of aromatic nitrogens is 2. The smallest absolute Gasteiger partial charge is 0.159 e. The number of rotatable bonds is 3. The molecule has 4 nitrogen and oxygen atoms in total. The molecule has 0 aliphatic heterocycles. The van der Waals surface area contributed by atoms with Gasteiger partial charge in [-0.1, -0.05) is 12.1 Å². The predicted molar refractivity (Wildman–Crippen MR) is 66.5 cm³/mol. The third-order valence-electron chi connectivity index (χ3n) is 2.35. The van der Waals surface area contributed by atoms with Gasteiger partial charge in [-0.2, -0.15) is 0 Å². The standard InChI is InChI=1S/C13H15N3O/c1-9(14)7-11-5-6-15-13(16-11)10-3-2-4-12(17)8-10/h2-6,8-9,17H,7,14H2,1H3. The van der Waals surface area contributed by atoms with E-state index in [2.05, 4.69) is 9.97 Å². The minimum absolute atomic E-state index is 0.0712. The maximum atomic E-state index is 9.41. The van der Waals surface area contributed by atoms with Crippen LogP contribution in [0, 0.1) is 0 Å². The van der Waals surface area contributed by atoms with Gasteiger partial charge in [-0.15, -0.1) is 0 Å². The first-order chi connectivity index (χ1) is 8.15. The summed E-state index contributed by atoms with van der Waals surface area (Å²) in [6.07, 6.45) is 2.43. The summed E-state index contributed by atoms with van der Waals surface area (Å²) in [6, 6.07) is 8.83. The van der Waals surface area contributed by atoms with Crippen LogP contribution in [0.15, 0.2) is 36.5 Å². The molecule has 0 aliphatic rings. The number of phenolic OH excluding ortho intramolecular Hbond substituents is 1. The number of nitrogens with two attached hydrogens (primary N) is 1. The molecule has 1 aromatic heterocycles. The number of phenols is 1. The monoisotopic (exact) mass is 229 g/mol. The molecule has 0 fully saturated rings. The van der Waals surface area contributed by atoms with Gasteiger partial charge in [0.05, 0.1) is 0 Å². The van der Waals surface area contributed by atoms with Gasteiger partial charge in [0.2, 0.25) is 0 Å². The maximum Gasteiger partial charge on any atom is 0.159 e. The van der Waals surface area contributed by atoms with E-state index in [1.54, 1.807) is 24.4 Å². The molecule has 0 saturated heterocycles. The van der Waals surface area contributed by atoms with Crippen molar-refractivity contribution in [2.75, 3.05) is 0 Å². The first-order valence-corrected chi connectivity index (χ1v) is 5.52. The number of hydrogen-bond acceptors (Lipinski definition) is 4. The number of benzene rings is 1. The Kier molecular flexibility index (Phi) is 3.35. The van der Waals surface area contributed by atoms with Crippen molar-refractivity contribution in [3.63, 3.8) is 0 Å². The van der Waals surface area contributed by atoms with Crippen molar-refractivity contribution in [1.82, 2.24) is 9.97 Å². The normalized spacial score (nSPS) is 12.4. The van der Waals surface area contributed by atoms with Gasteiger partial charge in [0.1, 0.15) is 5.75 Å². The highest BCUT2D eigenvalue weighted by Crippen LogP contribution is 2.19. The Balaban J connectivity index is 2.33. The Labute approximate surface area is 100 Å². The molecule has 0 saturated carbocycles. The lowest BCUT2D eigenvalue weighted by atomic mass is 10.1. The van der Waals surface area contributed by atoms with E-state index in [-0.39, 0.29) is 11.8 Å². The van der Waals surface area contributed by atoms with Gasteiger partial charge < -0.3 is 10.8 Å². The summed E-state index contributed by atoms with van der Waals surface area (Å²) in [5.41, 5.74) is 7.45. The van der Waals surface area contributed by atoms with E-state index in [1.807, 2.05) is 19.1 Å². The molecule has 1 unspecified atom stereocenters. The molecule has 0 bridgehead atoms. The molecular weight excluding hydrogens is 214 g/mol. The second kappa shape index (κ2) is 4.93. The molecule has 1 heterocycles. The van der Waals surface area contributed by atoms with Crippen LogP contribution in [0.4, 0.5) is 0 Å². The molecule has 88 valence electrons. The molecule has 2 aromatic rings. The number of nitrogens with zero attached hydrogens (tertiary/aromatic N) is 2. The van der Waals surface area contributed by atoms with E-state index in [9.17, 15) is 5.11 Å². The topological polar surface area (TPSA) is 72.0 Å². The zero-order chi connectivity index (χ0) is 12.3. The summed E-state index contributed by atoms with van der Waals surface area (Å²) in [7, 11) is 0. The van der Waals surface area contributed by atoms with E-state index >= 15 is 0 Å². The highest BCUT2D eigenvalue weighted by Gasteiger charge is 2.05. The summed E-state index contributed by atoms with van der Waals surface area (Å²) in [4.78, 5) is 8.62. The summed E-state index contributed by atoms with van der Waals surface area (Å²) >= 11 is 0. The third kappa shape index (κ3) is 3.01. The number of hydrogen-bond donors (Lipinski definition) is 2. The molecule has 2 rings (SSSR count). The summed E-state index contributed by atoms with van der Waals surface area (Å²) in [5, 5.41) is 9.41. The molecule has 17 heavy (non-hydrogen) atoms. The van der Waals surface area contributed by atoms with Gasteiger partial charge in [0.25, 0.3) is 0 Å². The van der Waals surface area contributed by atoms with Crippen molar-refractivity contribution in [2.24, 2.45) is 5.73 Å². The Morgan fingerprint density at radius 2 is 2.18 bits per heavy atom. The van der Waals surface area contributed by atoms with Crippen molar-refractivity contribution < 1.29 is 5.11 Å². The van der Waals surface area contributed by atoms with Crippen molar-refractivity contribution in [1.29, 1.82) is 0 Å². The Morgan fingerprint density at radius 1 is 1.35 bits per heavy atom. The van der Waals surface area contributed by atoms with Gasteiger partial charge in [-0.3, -0.25) is 0 Å². The van der Waals surface area contributed by atoms with E-state index in [0.29, 0.717) is 12.2 Å². The SMILES string of the molecule is CC(N)Cc1ccnc(-c2cccc(O)c2)n1. The van der Waals surface area contributed by atoms with Gasteiger partial charge in [-0.25, -0.2) is 9.97 Å². The predicted octanol–water partition coefficient (Wildman–Crippen LogP) is 1.74. The fourth-order valence-corrected chi connectivity index (χ4v) is 1.62. The first-order valence-electron chi connectivity index (χ1n) is 5.52. The largest absolute Gasteiger partial charge is 0.508 e. The fraction of sp³-hybridized carbons (Fsp3) is 0.231. The Morgan fingerprint density at radius 3 is 2.88 bits per heavy atom. The van der Waals surface area contributed by atoms with E-state index in [0.717, 1.165) is 11.3 Å². The quantitative estimate of drug-likeness (QED) is 0.840. The molecule has 3 N–H and O–H groups in total. The number of aromatic hydroxyl groups is 1. The highest BCUT2D eigenvalue weighted by molar-refractivity contribution is 5.57. The second-order valence-electron chi connectivity index (χ2n) is 4.10. The van der Waals surface area contributed by atoms with Crippen LogP contribution < -0.4 is 5.73 Å². The maximum absolute atomic E-state index is 9.41. The average Bonchev–Trinajstić information content (AvgIpc) is 2.28. The van der Waals surface area contributed by atoms with Gasteiger partial charge >= 0.3 is 0 Å². The van der Waals surface area contributed by atoms with E-state index in [1.165, 1.54) is 0 Å². The van der Waals surface area contributed by atoms with Crippen LogP contribution in [0.3, 0.4) is 0 Å². The van der Waals surface area contributed by atoms with Crippen molar-refractivity contribution in [2.45, 2.75) is 19.4 Å². The van der Waals surface area contributed by atoms with Crippen LogP contribution in [0.2, 0.25) is 0 Å². The molecule has 0 amide bonds. The lowest BCUT2D eigenvalue weighted by Gasteiger charge is -2.06. The summed E-state index contributed by atoms with van der Waals surface area (Å²) < 4.78 is 0. The van der Waals surface area contributed by atoms with E-state index < -0.39 is 0 Å². The zero-order valence-electron chi connectivity index (χ0n) is 9.67. The van der Waals surface area contributed by atoms with Crippen LogP contribution in [-0.2, 0) is 6.42 Å². The van der Waals surface area contributed by atoms with Crippen molar-refractivity contribution in [3.05, 3.63) is 42.2 Å². The Bertz CT molecular complexity index is 512. The summed E-state index contributed by atoms with van der Waals surface area (Å²) in [6.45, 7) is 1.94. The first kappa shape index (κ1) is 11.5. The lowest BCUT2D eigenvalue weighted by Crippen LogP contribution is -2.18. The van der Waals surface area contributed by atoms with Gasteiger partial charge in [0, 0.05) is 29.9 Å². The molecular formula is C13H15N3O. The molecule has 0 radical (unpaired) electrons. The highest BCUT2D eigenvalue weighted by atomic mass is 16.3. The van der Waals surface area contributed by atoms with Gasteiger partial charge in [-0.05, 0) is 25.1 Å². The van der Waals surface area contributed by atoms with Crippen molar-refractivity contribution >= 4 is 0 Å². The van der Waals surface area contributed by atoms with Crippen LogP contribution in [0.5, 0.6) is 5.75 Å². The minimum Gasteiger partial charge on any atom is -0.508 e. The second-order valence-corrected chi connectivity index (χ2v) is 4.10. The van der Waals surface area contributed by atoms with Crippen LogP contribution in [-0.4, -0.2) is 21.1 Å². The average molecular weight is 229 g/mol. The zero-order valence-corrected chi connectivity index (χ0v) is 9.67. The molecule has 1 aromatic carbocycles. The Hall–Kier alpha value is -1.94. The van der Waals surface area contributed by atoms with Crippen LogP contribution in [0.1, 0.15) is 12.6 Å². The molecule has 0 spiro atoms. The summed E-state index contributed by atoms with van der Waals surface area (Å²) in [5.74, 6) is 0.822. The third-order valence-corrected chi connectivity index (χ3v) is 2.35. The fourth-order valence-electron chi connectivity index (χ4n) is 1.62. The minimum atomic E-state index is 0.0712. The van der Waals surface area contributed by atoms with Crippen LogP contribution >= 0.6 is 0 Å².